The Labute approximate surface area is 88.4 Å². The average Bonchev–Trinajstić information content (AvgIpc) is 2.29. The van der Waals surface area contributed by atoms with Crippen molar-refractivity contribution in [2.75, 3.05) is 0 Å². The Morgan fingerprint density at radius 3 is 3.20 bits per heavy atom. The van der Waals surface area contributed by atoms with Gasteiger partial charge in [-0.25, -0.2) is 4.98 Å². The van der Waals surface area contributed by atoms with Gasteiger partial charge >= 0.3 is 0 Å². The molecule has 1 aliphatic rings. The van der Waals surface area contributed by atoms with Gasteiger partial charge in [0.1, 0.15) is 0 Å². The average molecular weight is 203 g/mol. The van der Waals surface area contributed by atoms with Crippen molar-refractivity contribution in [3.8, 4) is 5.88 Å². The molecule has 0 saturated carbocycles. The Hall–Kier alpha value is -1.68. The molecule has 1 aromatic rings. The predicted molar refractivity (Wildman–Crippen MR) is 58.8 cm³/mol. The van der Waals surface area contributed by atoms with Gasteiger partial charge in [0.25, 0.3) is 0 Å². The Morgan fingerprint density at radius 1 is 1.53 bits per heavy atom. The summed E-state index contributed by atoms with van der Waals surface area (Å²) in [6, 6.07) is 3.97. The monoisotopic (exact) mass is 203 g/mol. The van der Waals surface area contributed by atoms with Gasteiger partial charge < -0.3 is 10.4 Å². The summed E-state index contributed by atoms with van der Waals surface area (Å²) in [7, 11) is 0. The van der Waals surface area contributed by atoms with Crippen LogP contribution in [0.25, 0.3) is 0 Å². The maximum Gasteiger partial charge on any atom is 0.215 e. The molecule has 15 heavy (non-hydrogen) atoms. The van der Waals surface area contributed by atoms with Crippen LogP contribution in [-0.2, 0) is 6.54 Å². The Bertz CT molecular complexity index is 387. The quantitative estimate of drug-likeness (QED) is 0.777. The predicted octanol–water partition coefficient (Wildman–Crippen LogP) is 1.23. The lowest BCUT2D eigenvalue weighted by Crippen LogP contribution is -2.28. The highest BCUT2D eigenvalue weighted by molar-refractivity contribution is 5.60. The Morgan fingerprint density at radius 2 is 2.47 bits per heavy atom. The molecule has 1 aromatic heterocycles. The molecule has 2 rings (SSSR count). The summed E-state index contributed by atoms with van der Waals surface area (Å²) in [5.74, 6) is 0.0958. The molecule has 2 heterocycles. The minimum atomic E-state index is 0.0958. The molecule has 4 heteroatoms. The third kappa shape index (κ3) is 2.63. The normalized spacial score (nSPS) is 19.3. The Kier molecular flexibility index (Phi) is 3.09. The minimum absolute atomic E-state index is 0.0958. The molecule has 2 N–H and O–H groups in total. The fraction of sp³-hybridized carbons (Fsp3) is 0.273. The van der Waals surface area contributed by atoms with Crippen molar-refractivity contribution < 1.29 is 5.11 Å². The van der Waals surface area contributed by atoms with Gasteiger partial charge in [0.05, 0.1) is 0 Å². The van der Waals surface area contributed by atoms with E-state index in [1.807, 2.05) is 24.4 Å². The zero-order chi connectivity index (χ0) is 10.5. The van der Waals surface area contributed by atoms with Crippen molar-refractivity contribution in [1.82, 2.24) is 10.3 Å². The topological polar surface area (TPSA) is 57.5 Å². The van der Waals surface area contributed by atoms with E-state index in [-0.39, 0.29) is 5.88 Å². The van der Waals surface area contributed by atoms with Gasteiger partial charge in [0.2, 0.25) is 5.88 Å². The van der Waals surface area contributed by atoms with Crippen LogP contribution in [0.5, 0.6) is 5.88 Å². The fourth-order valence-electron chi connectivity index (χ4n) is 1.43. The molecule has 78 valence electrons. The number of hydrogen-bond acceptors (Lipinski definition) is 4. The molecule has 0 amide bonds. The number of nitrogens with zero attached hydrogens (tertiary/aromatic N) is 2. The summed E-state index contributed by atoms with van der Waals surface area (Å²) in [6.07, 6.45) is 8.13. The van der Waals surface area contributed by atoms with Crippen LogP contribution in [0.2, 0.25) is 0 Å². The number of rotatable bonds is 3. The number of aromatic hydroxyl groups is 1. The largest absolute Gasteiger partial charge is 0.493 e. The molecule has 1 aliphatic heterocycles. The third-order valence-electron chi connectivity index (χ3n) is 2.29. The van der Waals surface area contributed by atoms with Crippen LogP contribution in [0.1, 0.15) is 12.0 Å². The van der Waals surface area contributed by atoms with E-state index >= 15 is 0 Å². The van der Waals surface area contributed by atoms with E-state index in [1.165, 1.54) is 0 Å². The molecule has 1 unspecified atom stereocenters. The summed E-state index contributed by atoms with van der Waals surface area (Å²) < 4.78 is 0. The van der Waals surface area contributed by atoms with Gasteiger partial charge in [-0.2, -0.15) is 0 Å². The van der Waals surface area contributed by atoms with Crippen LogP contribution in [0.3, 0.4) is 0 Å². The smallest absolute Gasteiger partial charge is 0.215 e. The summed E-state index contributed by atoms with van der Waals surface area (Å²) >= 11 is 0. The summed E-state index contributed by atoms with van der Waals surface area (Å²) in [6.45, 7) is 0.614. The molecular formula is C11H13N3O. The lowest BCUT2D eigenvalue weighted by Gasteiger charge is -2.14. The molecule has 0 aromatic carbocycles. The van der Waals surface area contributed by atoms with Crippen LogP contribution < -0.4 is 5.32 Å². The van der Waals surface area contributed by atoms with Gasteiger partial charge in [-0.05, 0) is 12.1 Å². The van der Waals surface area contributed by atoms with Crippen molar-refractivity contribution in [2.24, 2.45) is 4.99 Å². The fourth-order valence-corrected chi connectivity index (χ4v) is 1.43. The number of hydrogen-bond donors (Lipinski definition) is 2. The highest BCUT2D eigenvalue weighted by Gasteiger charge is 2.06. The SMILES string of the molecule is Oc1ncccc1CNC1C=CN=CC1. The van der Waals surface area contributed by atoms with Crippen molar-refractivity contribution in [3.05, 3.63) is 36.2 Å². The molecule has 0 radical (unpaired) electrons. The number of nitrogens with one attached hydrogen (secondary N) is 1. The van der Waals surface area contributed by atoms with Crippen LogP contribution in [0, 0.1) is 0 Å². The zero-order valence-electron chi connectivity index (χ0n) is 8.30. The highest BCUT2D eigenvalue weighted by Crippen LogP contribution is 2.11. The molecule has 1 atom stereocenters. The van der Waals surface area contributed by atoms with E-state index in [0.717, 1.165) is 12.0 Å². The van der Waals surface area contributed by atoms with E-state index in [2.05, 4.69) is 15.3 Å². The van der Waals surface area contributed by atoms with Crippen molar-refractivity contribution in [1.29, 1.82) is 0 Å². The second-order valence-electron chi connectivity index (χ2n) is 3.38. The van der Waals surface area contributed by atoms with Gasteiger partial charge in [-0.3, -0.25) is 4.99 Å². The third-order valence-corrected chi connectivity index (χ3v) is 2.29. The lowest BCUT2D eigenvalue weighted by molar-refractivity contribution is 0.441. The summed E-state index contributed by atoms with van der Waals surface area (Å²) in [4.78, 5) is 7.81. The van der Waals surface area contributed by atoms with Crippen LogP contribution in [0.15, 0.2) is 35.6 Å². The van der Waals surface area contributed by atoms with E-state index in [4.69, 9.17) is 0 Å². The molecular weight excluding hydrogens is 190 g/mol. The molecule has 0 aliphatic carbocycles. The molecule has 0 spiro atoms. The van der Waals surface area contributed by atoms with E-state index < -0.39 is 0 Å². The first kappa shape index (κ1) is 9.86. The minimum Gasteiger partial charge on any atom is -0.493 e. The first-order chi connectivity index (χ1) is 7.36. The van der Waals surface area contributed by atoms with Crippen molar-refractivity contribution in [3.63, 3.8) is 0 Å². The first-order valence-electron chi connectivity index (χ1n) is 4.91. The van der Waals surface area contributed by atoms with E-state index in [0.29, 0.717) is 12.6 Å². The van der Waals surface area contributed by atoms with Crippen molar-refractivity contribution in [2.45, 2.75) is 19.0 Å². The number of pyridine rings is 1. The van der Waals surface area contributed by atoms with Crippen LogP contribution >= 0.6 is 0 Å². The number of aliphatic imine (C=N–C) groups is 1. The summed E-state index contributed by atoms with van der Waals surface area (Å²) in [5, 5.41) is 12.7. The molecule has 0 fully saturated rings. The van der Waals surface area contributed by atoms with Crippen molar-refractivity contribution >= 4 is 6.21 Å². The van der Waals surface area contributed by atoms with Gasteiger partial charge in [-0.15, -0.1) is 0 Å². The first-order valence-corrected chi connectivity index (χ1v) is 4.91. The standard InChI is InChI=1S/C11H13N3O/c15-11-9(2-1-5-13-11)8-14-10-3-6-12-7-4-10/h1-3,5-7,10,14H,4,8H2,(H,13,15). The van der Waals surface area contributed by atoms with Gasteiger partial charge in [0.15, 0.2) is 0 Å². The maximum absolute atomic E-state index is 9.44. The second kappa shape index (κ2) is 4.70. The van der Waals surface area contributed by atoms with E-state index in [9.17, 15) is 5.11 Å². The lowest BCUT2D eigenvalue weighted by atomic mass is 10.1. The Balaban J connectivity index is 1.91. The highest BCUT2D eigenvalue weighted by atomic mass is 16.3. The number of aromatic nitrogens is 1. The van der Waals surface area contributed by atoms with Crippen LogP contribution in [-0.4, -0.2) is 22.3 Å². The zero-order valence-corrected chi connectivity index (χ0v) is 8.30. The van der Waals surface area contributed by atoms with Crippen LogP contribution in [0.4, 0.5) is 0 Å². The summed E-state index contributed by atoms with van der Waals surface area (Å²) in [5.41, 5.74) is 0.813. The molecule has 0 saturated heterocycles. The second-order valence-corrected chi connectivity index (χ2v) is 3.38. The van der Waals surface area contributed by atoms with Gasteiger partial charge in [-0.1, -0.05) is 6.07 Å². The molecule has 0 bridgehead atoms. The van der Waals surface area contributed by atoms with E-state index in [1.54, 1.807) is 12.4 Å². The molecule has 4 nitrogen and oxygen atoms in total. The van der Waals surface area contributed by atoms with Gasteiger partial charge in [0, 0.05) is 43.2 Å². The maximum atomic E-state index is 9.44.